The average molecular weight is 412 g/mol. The van der Waals surface area contributed by atoms with Crippen LogP contribution in [0.2, 0.25) is 0 Å². The Morgan fingerprint density at radius 2 is 1.89 bits per heavy atom. The first kappa shape index (κ1) is 22.7. The van der Waals surface area contributed by atoms with Crippen molar-refractivity contribution in [3.8, 4) is 0 Å². The number of carbonyl (C=O) groups is 1. The Bertz CT molecular complexity index is 757. The number of hydrogen-bond acceptors (Lipinski definition) is 5. The van der Waals surface area contributed by atoms with Crippen LogP contribution in [-0.4, -0.2) is 50.0 Å². The van der Waals surface area contributed by atoms with Crippen LogP contribution >= 0.6 is 0 Å². The molecule has 0 spiro atoms. The molecular formula is C21H33NO5S. The van der Waals surface area contributed by atoms with Crippen molar-refractivity contribution in [3.05, 3.63) is 35.9 Å². The molecule has 1 aromatic carbocycles. The lowest BCUT2D eigenvalue weighted by Crippen LogP contribution is -2.48. The van der Waals surface area contributed by atoms with Gasteiger partial charge in [-0.2, -0.15) is 8.42 Å². The number of rotatable bonds is 7. The van der Waals surface area contributed by atoms with Gasteiger partial charge in [-0.05, 0) is 64.9 Å². The van der Waals surface area contributed by atoms with E-state index in [0.29, 0.717) is 13.0 Å². The fourth-order valence-electron chi connectivity index (χ4n) is 3.87. The lowest BCUT2D eigenvalue weighted by atomic mass is 9.86. The number of likely N-dealkylation sites (tertiary alicyclic amines) is 1. The Hall–Kier alpha value is -1.60. The molecule has 0 bridgehead atoms. The van der Waals surface area contributed by atoms with Crippen molar-refractivity contribution in [1.82, 2.24) is 4.90 Å². The van der Waals surface area contributed by atoms with Gasteiger partial charge in [0.15, 0.2) is 0 Å². The molecule has 1 fully saturated rings. The van der Waals surface area contributed by atoms with E-state index in [1.807, 2.05) is 43.9 Å². The molecule has 1 aliphatic heterocycles. The van der Waals surface area contributed by atoms with Crippen molar-refractivity contribution in [3.63, 3.8) is 0 Å². The van der Waals surface area contributed by atoms with Gasteiger partial charge in [0.05, 0.1) is 12.9 Å². The van der Waals surface area contributed by atoms with Gasteiger partial charge in [0.1, 0.15) is 5.60 Å². The van der Waals surface area contributed by atoms with E-state index in [1.54, 1.807) is 0 Å². The highest BCUT2D eigenvalue weighted by atomic mass is 32.2. The summed E-state index contributed by atoms with van der Waals surface area (Å²) in [6.45, 7) is 8.51. The zero-order valence-corrected chi connectivity index (χ0v) is 18.4. The first-order chi connectivity index (χ1) is 12.9. The Morgan fingerprint density at radius 3 is 2.46 bits per heavy atom. The van der Waals surface area contributed by atoms with Crippen LogP contribution in [0.1, 0.15) is 52.5 Å². The first-order valence-corrected chi connectivity index (χ1v) is 11.6. The number of ether oxygens (including phenoxy) is 1. The summed E-state index contributed by atoms with van der Waals surface area (Å²) >= 11 is 0. The van der Waals surface area contributed by atoms with Gasteiger partial charge in [-0.25, -0.2) is 4.79 Å². The van der Waals surface area contributed by atoms with E-state index in [1.165, 1.54) is 5.56 Å². The van der Waals surface area contributed by atoms with Gasteiger partial charge in [-0.15, -0.1) is 0 Å². The van der Waals surface area contributed by atoms with E-state index in [4.69, 9.17) is 8.92 Å². The fraction of sp³-hybridized carbons (Fsp3) is 0.667. The minimum atomic E-state index is -3.41. The molecular weight excluding hydrogens is 378 g/mol. The van der Waals surface area contributed by atoms with Crippen LogP contribution in [0, 0.1) is 5.92 Å². The summed E-state index contributed by atoms with van der Waals surface area (Å²) in [5.41, 5.74) is 0.290. The summed E-state index contributed by atoms with van der Waals surface area (Å²) in [6, 6.07) is 10.1. The van der Waals surface area contributed by atoms with Crippen LogP contribution in [0.3, 0.4) is 0 Å². The minimum Gasteiger partial charge on any atom is -0.444 e. The van der Waals surface area contributed by atoms with Crippen molar-refractivity contribution < 1.29 is 22.1 Å². The zero-order valence-electron chi connectivity index (χ0n) is 17.6. The summed E-state index contributed by atoms with van der Waals surface area (Å²) in [6.07, 6.45) is 3.81. The van der Waals surface area contributed by atoms with E-state index >= 15 is 0 Å². The van der Waals surface area contributed by atoms with Gasteiger partial charge >= 0.3 is 6.09 Å². The fourth-order valence-corrected chi connectivity index (χ4v) is 4.29. The van der Waals surface area contributed by atoms with Gasteiger partial charge in [0.25, 0.3) is 10.1 Å². The Balaban J connectivity index is 2.08. The second kappa shape index (κ2) is 8.82. The molecule has 0 aliphatic carbocycles. The molecule has 2 unspecified atom stereocenters. The SMILES string of the molecule is CC(C)(C)OC(=O)N1CC(CCCOS(C)(=O)=O)CC1(C)Cc1ccccc1. The molecule has 158 valence electrons. The van der Waals surface area contributed by atoms with E-state index in [2.05, 4.69) is 19.1 Å². The van der Waals surface area contributed by atoms with Gasteiger partial charge in [-0.3, -0.25) is 4.18 Å². The standard InChI is InChI=1S/C21H33NO5S/c1-20(2,3)27-19(23)22-16-18(12-9-13-26-28(5,24)25)15-21(22,4)14-17-10-7-6-8-11-17/h6-8,10-11,18H,9,12-16H2,1-5H3. The average Bonchev–Trinajstić information content (AvgIpc) is 2.86. The zero-order chi connectivity index (χ0) is 21.0. The van der Waals surface area contributed by atoms with E-state index < -0.39 is 15.7 Å². The van der Waals surface area contributed by atoms with Crippen molar-refractivity contribution >= 4 is 16.2 Å². The molecule has 1 saturated heterocycles. The molecule has 2 atom stereocenters. The number of benzene rings is 1. The maximum Gasteiger partial charge on any atom is 0.410 e. The van der Waals surface area contributed by atoms with Crippen LogP contribution in [0.4, 0.5) is 4.79 Å². The predicted molar refractivity (Wildman–Crippen MR) is 110 cm³/mol. The van der Waals surface area contributed by atoms with Gasteiger partial charge in [-0.1, -0.05) is 30.3 Å². The summed E-state index contributed by atoms with van der Waals surface area (Å²) in [5, 5.41) is 0. The van der Waals surface area contributed by atoms with Crippen LogP contribution in [0.15, 0.2) is 30.3 Å². The normalized spacial score (nSPS) is 23.0. The lowest BCUT2D eigenvalue weighted by molar-refractivity contribution is 0.0105. The van der Waals surface area contributed by atoms with Crippen LogP contribution in [0.5, 0.6) is 0 Å². The van der Waals surface area contributed by atoms with Gasteiger partial charge in [0, 0.05) is 12.1 Å². The number of amides is 1. The summed E-state index contributed by atoms with van der Waals surface area (Å²) in [4.78, 5) is 14.7. The van der Waals surface area contributed by atoms with Crippen molar-refractivity contribution in [2.75, 3.05) is 19.4 Å². The Labute approximate surface area is 169 Å². The molecule has 0 N–H and O–H groups in total. The molecule has 0 radical (unpaired) electrons. The van der Waals surface area contributed by atoms with Crippen LogP contribution in [0.25, 0.3) is 0 Å². The molecule has 1 amide bonds. The van der Waals surface area contributed by atoms with Crippen molar-refractivity contribution in [2.45, 2.75) is 64.5 Å². The topological polar surface area (TPSA) is 72.9 Å². The molecule has 0 saturated carbocycles. The highest BCUT2D eigenvalue weighted by molar-refractivity contribution is 7.85. The number of hydrogen-bond donors (Lipinski definition) is 0. The molecule has 1 heterocycles. The quantitative estimate of drug-likeness (QED) is 0.501. The van der Waals surface area contributed by atoms with E-state index in [0.717, 1.165) is 25.5 Å². The smallest absolute Gasteiger partial charge is 0.410 e. The Kier molecular flexibility index (Phi) is 7.15. The number of carbonyl (C=O) groups excluding carboxylic acids is 1. The van der Waals surface area contributed by atoms with E-state index in [-0.39, 0.29) is 24.2 Å². The van der Waals surface area contributed by atoms with Crippen molar-refractivity contribution in [1.29, 1.82) is 0 Å². The molecule has 28 heavy (non-hydrogen) atoms. The molecule has 2 rings (SSSR count). The van der Waals surface area contributed by atoms with Gasteiger partial charge < -0.3 is 9.64 Å². The second-order valence-corrected chi connectivity index (χ2v) is 10.6. The summed E-state index contributed by atoms with van der Waals surface area (Å²) in [7, 11) is -3.41. The summed E-state index contributed by atoms with van der Waals surface area (Å²) in [5.74, 6) is 0.282. The maximum absolute atomic E-state index is 12.9. The third-order valence-corrected chi connectivity index (χ3v) is 5.51. The first-order valence-electron chi connectivity index (χ1n) is 9.77. The molecule has 7 heteroatoms. The lowest BCUT2D eigenvalue weighted by Gasteiger charge is -2.36. The van der Waals surface area contributed by atoms with Gasteiger partial charge in [0.2, 0.25) is 0 Å². The van der Waals surface area contributed by atoms with Crippen LogP contribution in [-0.2, 0) is 25.5 Å². The van der Waals surface area contributed by atoms with Crippen molar-refractivity contribution in [2.24, 2.45) is 5.92 Å². The molecule has 1 aliphatic rings. The highest BCUT2D eigenvalue weighted by Gasteiger charge is 2.45. The highest BCUT2D eigenvalue weighted by Crippen LogP contribution is 2.38. The maximum atomic E-state index is 12.9. The minimum absolute atomic E-state index is 0.178. The second-order valence-electron chi connectivity index (χ2n) is 8.99. The largest absolute Gasteiger partial charge is 0.444 e. The number of nitrogens with zero attached hydrogens (tertiary/aromatic N) is 1. The predicted octanol–water partition coefficient (Wildman–Crippen LogP) is 4.00. The third-order valence-electron chi connectivity index (χ3n) is 4.92. The third kappa shape index (κ3) is 7.09. The monoisotopic (exact) mass is 411 g/mol. The summed E-state index contributed by atoms with van der Waals surface area (Å²) < 4.78 is 32.7. The molecule has 1 aromatic rings. The Morgan fingerprint density at radius 1 is 1.25 bits per heavy atom. The molecule has 0 aromatic heterocycles. The van der Waals surface area contributed by atoms with E-state index in [9.17, 15) is 13.2 Å². The van der Waals surface area contributed by atoms with Crippen LogP contribution < -0.4 is 0 Å². The molecule has 6 nitrogen and oxygen atoms in total.